The number of halogens is 2. The summed E-state index contributed by atoms with van der Waals surface area (Å²) < 4.78 is 32.4. The molecule has 2 atom stereocenters. The molecule has 1 aliphatic carbocycles. The number of aromatic nitrogens is 4. The van der Waals surface area contributed by atoms with Crippen LogP contribution in [0.25, 0.3) is 22.2 Å². The van der Waals surface area contributed by atoms with Crippen molar-refractivity contribution in [3.63, 3.8) is 0 Å². The van der Waals surface area contributed by atoms with Crippen LogP contribution in [-0.2, 0) is 11.3 Å². The minimum atomic E-state index is -2.90. The predicted molar refractivity (Wildman–Crippen MR) is 125 cm³/mol. The summed E-state index contributed by atoms with van der Waals surface area (Å²) in [6.07, 6.45) is 4.10. The van der Waals surface area contributed by atoms with Gasteiger partial charge in [-0.2, -0.15) is 8.78 Å². The zero-order chi connectivity index (χ0) is 25.0. The number of rotatable bonds is 7. The van der Waals surface area contributed by atoms with Gasteiger partial charge in [-0.05, 0) is 43.0 Å². The third-order valence-corrected chi connectivity index (χ3v) is 7.26. The standard InChI is InChI=1S/C26H23F2N5O3.Na/c1-15-31-20-7-6-16(8-21(20)33(15)12-17-4-2-3-5-22(17)36-24(27)28)18-10-29-25(30-11-18)32-13-19-9-26(19,14-32)23(34)35;/h2-8,10-11,19,24H,9,12-14H2,1H3,(H,34,35);/q;+1/p-1/t19-,26-;/m0./s1. The maximum atomic E-state index is 12.9. The van der Waals surface area contributed by atoms with Gasteiger partial charge in [0.05, 0.1) is 17.6 Å². The molecule has 0 amide bonds. The monoisotopic (exact) mass is 513 g/mol. The fourth-order valence-corrected chi connectivity index (χ4v) is 5.22. The van der Waals surface area contributed by atoms with E-state index in [-0.39, 0.29) is 41.2 Å². The van der Waals surface area contributed by atoms with Crippen molar-refractivity contribution in [3.05, 3.63) is 66.2 Å². The van der Waals surface area contributed by atoms with Crippen LogP contribution in [0.4, 0.5) is 14.7 Å². The van der Waals surface area contributed by atoms with Crippen LogP contribution < -0.4 is 44.3 Å². The number of anilines is 1. The van der Waals surface area contributed by atoms with E-state index in [9.17, 15) is 18.7 Å². The third kappa shape index (κ3) is 4.58. The van der Waals surface area contributed by atoms with E-state index < -0.39 is 18.0 Å². The van der Waals surface area contributed by atoms with E-state index in [4.69, 9.17) is 4.74 Å². The Morgan fingerprint density at radius 2 is 1.95 bits per heavy atom. The Labute approximate surface area is 233 Å². The number of piperidine rings is 1. The van der Waals surface area contributed by atoms with Crippen molar-refractivity contribution >= 4 is 23.0 Å². The van der Waals surface area contributed by atoms with E-state index in [2.05, 4.69) is 15.0 Å². The summed E-state index contributed by atoms with van der Waals surface area (Å²) in [4.78, 5) is 27.0. The number of para-hydroxylation sites is 1. The van der Waals surface area contributed by atoms with Gasteiger partial charge in [0.25, 0.3) is 0 Å². The minimum Gasteiger partial charge on any atom is -0.549 e. The van der Waals surface area contributed by atoms with Gasteiger partial charge in [-0.1, -0.05) is 24.3 Å². The van der Waals surface area contributed by atoms with Gasteiger partial charge in [0.15, 0.2) is 0 Å². The summed E-state index contributed by atoms with van der Waals surface area (Å²) in [7, 11) is 0. The Balaban J connectivity index is 0.00000280. The fourth-order valence-electron chi connectivity index (χ4n) is 5.22. The van der Waals surface area contributed by atoms with Gasteiger partial charge in [0, 0.05) is 48.0 Å². The van der Waals surface area contributed by atoms with Gasteiger partial charge in [-0.3, -0.25) is 0 Å². The molecule has 1 saturated carbocycles. The summed E-state index contributed by atoms with van der Waals surface area (Å²) in [5.74, 6) is 0.497. The van der Waals surface area contributed by atoms with E-state index >= 15 is 0 Å². The zero-order valence-electron chi connectivity index (χ0n) is 20.4. The van der Waals surface area contributed by atoms with Crippen LogP contribution in [0.2, 0.25) is 0 Å². The van der Waals surface area contributed by atoms with E-state index in [1.165, 1.54) is 6.07 Å². The van der Waals surface area contributed by atoms with Crippen LogP contribution in [0.1, 0.15) is 17.8 Å². The maximum absolute atomic E-state index is 12.9. The Morgan fingerprint density at radius 3 is 2.65 bits per heavy atom. The second-order valence-electron chi connectivity index (χ2n) is 9.43. The number of ether oxygens (including phenoxy) is 1. The Hall–Kier alpha value is -3.08. The number of carbonyl (C=O) groups is 1. The van der Waals surface area contributed by atoms with E-state index in [0.29, 0.717) is 37.6 Å². The number of hydrogen-bond donors (Lipinski definition) is 0. The second kappa shape index (κ2) is 9.66. The van der Waals surface area contributed by atoms with Crippen molar-refractivity contribution in [2.75, 3.05) is 18.0 Å². The number of alkyl halides is 2. The van der Waals surface area contributed by atoms with Crippen LogP contribution in [0.3, 0.4) is 0 Å². The molecular formula is C26H22F2N5NaO3. The molecule has 37 heavy (non-hydrogen) atoms. The molecule has 0 bridgehead atoms. The number of hydrogen-bond acceptors (Lipinski definition) is 7. The predicted octanol–water partition coefficient (Wildman–Crippen LogP) is 0.0316. The Kier molecular flexibility index (Phi) is 6.68. The average molecular weight is 513 g/mol. The number of carboxylic acids is 1. The molecule has 2 aliphatic rings. The molecule has 6 rings (SSSR count). The summed E-state index contributed by atoms with van der Waals surface area (Å²) in [5, 5.41) is 11.5. The van der Waals surface area contributed by atoms with Crippen molar-refractivity contribution in [2.24, 2.45) is 11.3 Å². The number of fused-ring (bicyclic) bond motifs is 2. The smallest absolute Gasteiger partial charge is 0.549 e. The summed E-state index contributed by atoms with van der Waals surface area (Å²) in [5.41, 5.74) is 3.18. The molecule has 184 valence electrons. The summed E-state index contributed by atoms with van der Waals surface area (Å²) >= 11 is 0. The number of imidazole rings is 1. The molecule has 2 aromatic carbocycles. The van der Waals surface area contributed by atoms with E-state index in [0.717, 1.165) is 28.0 Å². The van der Waals surface area contributed by atoms with Crippen molar-refractivity contribution < 1.29 is 53.0 Å². The molecule has 8 nitrogen and oxygen atoms in total. The largest absolute Gasteiger partial charge is 1.00 e. The SMILES string of the molecule is Cc1nc2ccc(-c3cnc(N4C[C@@H]5C[C@]5(C(=O)[O-])C4)nc3)cc2n1Cc1ccccc1OC(F)F.[Na+]. The number of benzene rings is 2. The first kappa shape index (κ1) is 25.6. The molecule has 1 saturated heterocycles. The molecule has 2 fully saturated rings. The Morgan fingerprint density at radius 1 is 1.19 bits per heavy atom. The fraction of sp³-hybridized carbons (Fsp3) is 0.308. The van der Waals surface area contributed by atoms with Gasteiger partial charge in [-0.15, -0.1) is 0 Å². The first-order chi connectivity index (χ1) is 17.3. The van der Waals surface area contributed by atoms with Gasteiger partial charge in [-0.25, -0.2) is 15.0 Å². The molecule has 0 N–H and O–H groups in total. The van der Waals surface area contributed by atoms with Crippen LogP contribution in [-0.4, -0.2) is 45.2 Å². The van der Waals surface area contributed by atoms with Gasteiger partial charge >= 0.3 is 36.2 Å². The molecule has 0 radical (unpaired) electrons. The third-order valence-electron chi connectivity index (χ3n) is 7.26. The van der Waals surface area contributed by atoms with Gasteiger partial charge in [0.2, 0.25) is 5.95 Å². The van der Waals surface area contributed by atoms with Crippen molar-refractivity contribution in [1.29, 1.82) is 0 Å². The second-order valence-corrected chi connectivity index (χ2v) is 9.43. The van der Waals surface area contributed by atoms with Gasteiger partial charge < -0.3 is 24.1 Å². The molecule has 2 aromatic heterocycles. The quantitative estimate of drug-likeness (QED) is 0.322. The minimum absolute atomic E-state index is 0. The Bertz CT molecular complexity index is 1480. The van der Waals surface area contributed by atoms with Crippen LogP contribution in [0.5, 0.6) is 5.75 Å². The van der Waals surface area contributed by atoms with Crippen LogP contribution in [0, 0.1) is 18.3 Å². The van der Waals surface area contributed by atoms with Crippen molar-refractivity contribution in [1.82, 2.24) is 19.5 Å². The average Bonchev–Trinajstić information content (AvgIpc) is 3.29. The van der Waals surface area contributed by atoms with E-state index in [1.807, 2.05) is 34.6 Å². The summed E-state index contributed by atoms with van der Waals surface area (Å²) in [6.45, 7) is 0.280. The summed E-state index contributed by atoms with van der Waals surface area (Å²) in [6, 6.07) is 12.5. The number of nitrogens with zero attached hydrogens (tertiary/aromatic N) is 5. The van der Waals surface area contributed by atoms with Crippen LogP contribution in [0.15, 0.2) is 54.9 Å². The first-order valence-electron chi connectivity index (χ1n) is 11.6. The first-order valence-corrected chi connectivity index (χ1v) is 11.6. The molecule has 0 spiro atoms. The normalized spacial score (nSPS) is 20.1. The number of aliphatic carboxylic acids is 1. The topological polar surface area (TPSA) is 96.2 Å². The van der Waals surface area contributed by atoms with Crippen LogP contribution >= 0.6 is 0 Å². The van der Waals surface area contributed by atoms with Gasteiger partial charge in [0.1, 0.15) is 11.6 Å². The molecule has 1 aliphatic heterocycles. The van der Waals surface area contributed by atoms with E-state index in [1.54, 1.807) is 30.6 Å². The van der Waals surface area contributed by atoms with Crippen molar-refractivity contribution in [3.8, 4) is 16.9 Å². The molecular weight excluding hydrogens is 491 g/mol. The zero-order valence-corrected chi connectivity index (χ0v) is 22.4. The number of aryl methyl sites for hydroxylation is 1. The number of carboxylic acid groups (broad SMARTS) is 1. The number of carbonyl (C=O) groups excluding carboxylic acids is 1. The molecule has 11 heteroatoms. The molecule has 0 unspecified atom stereocenters. The molecule has 4 aromatic rings. The van der Waals surface area contributed by atoms with Crippen molar-refractivity contribution in [2.45, 2.75) is 26.5 Å². The maximum Gasteiger partial charge on any atom is 1.00 e. The molecule has 3 heterocycles.